The molecule has 1 unspecified atom stereocenters. The fourth-order valence-corrected chi connectivity index (χ4v) is 2.02. The third-order valence-electron chi connectivity index (χ3n) is 2.91. The van der Waals surface area contributed by atoms with Crippen LogP contribution in [0.5, 0.6) is 11.5 Å². The van der Waals surface area contributed by atoms with Crippen molar-refractivity contribution in [2.24, 2.45) is 5.73 Å². The minimum atomic E-state index is 0.278. The first-order valence-corrected chi connectivity index (χ1v) is 5.63. The molecule has 1 rings (SSSR count). The lowest BCUT2D eigenvalue weighted by atomic mass is 9.92. The number of methoxy groups -OCH3 is 2. The van der Waals surface area contributed by atoms with Crippen LogP contribution in [0.15, 0.2) is 12.1 Å². The molecule has 0 heterocycles. The Balaban J connectivity index is 3.36. The normalized spacial score (nSPS) is 12.3. The molecule has 0 aliphatic carbocycles. The van der Waals surface area contributed by atoms with Gasteiger partial charge in [0.05, 0.1) is 14.2 Å². The first-order chi connectivity index (χ1) is 7.69. The van der Waals surface area contributed by atoms with Crippen LogP contribution in [0.2, 0.25) is 0 Å². The van der Waals surface area contributed by atoms with Gasteiger partial charge < -0.3 is 15.2 Å². The predicted molar refractivity (Wildman–Crippen MR) is 66.4 cm³/mol. The second kappa shape index (κ2) is 5.75. The van der Waals surface area contributed by atoms with Gasteiger partial charge in [-0.3, -0.25) is 0 Å². The van der Waals surface area contributed by atoms with Crippen molar-refractivity contribution in [2.75, 3.05) is 20.8 Å². The number of rotatable bonds is 5. The zero-order chi connectivity index (χ0) is 12.1. The van der Waals surface area contributed by atoms with E-state index in [2.05, 4.69) is 13.8 Å². The summed E-state index contributed by atoms with van der Waals surface area (Å²) in [6.07, 6.45) is 0.917. The monoisotopic (exact) mass is 223 g/mol. The standard InChI is InChI=1S/C13H21NO2/c1-5-10-11(15-3)6-7-12(16-4)13(10)9(2)8-14/h6-7,9H,5,8,14H2,1-4H3. The Morgan fingerprint density at radius 2 is 1.75 bits per heavy atom. The van der Waals surface area contributed by atoms with Crippen molar-refractivity contribution in [3.05, 3.63) is 23.3 Å². The molecular formula is C13H21NO2. The number of hydrogen-bond acceptors (Lipinski definition) is 3. The molecule has 3 nitrogen and oxygen atoms in total. The molecule has 0 amide bonds. The van der Waals surface area contributed by atoms with Crippen LogP contribution in [0.4, 0.5) is 0 Å². The SMILES string of the molecule is CCc1c(OC)ccc(OC)c1C(C)CN. The minimum absolute atomic E-state index is 0.278. The Morgan fingerprint density at radius 1 is 1.19 bits per heavy atom. The number of ether oxygens (including phenoxy) is 2. The maximum Gasteiger partial charge on any atom is 0.122 e. The maximum absolute atomic E-state index is 5.75. The third kappa shape index (κ3) is 2.30. The van der Waals surface area contributed by atoms with E-state index >= 15 is 0 Å². The molecule has 1 atom stereocenters. The van der Waals surface area contributed by atoms with Gasteiger partial charge in [-0.15, -0.1) is 0 Å². The van der Waals surface area contributed by atoms with Crippen LogP contribution in [-0.2, 0) is 6.42 Å². The Hall–Kier alpha value is -1.22. The average Bonchev–Trinajstić information content (AvgIpc) is 2.35. The van der Waals surface area contributed by atoms with Gasteiger partial charge in [0.25, 0.3) is 0 Å². The van der Waals surface area contributed by atoms with E-state index in [0.717, 1.165) is 17.9 Å². The van der Waals surface area contributed by atoms with E-state index in [0.29, 0.717) is 6.54 Å². The van der Waals surface area contributed by atoms with Crippen LogP contribution in [0.25, 0.3) is 0 Å². The van der Waals surface area contributed by atoms with Gasteiger partial charge in [0, 0.05) is 11.1 Å². The summed E-state index contributed by atoms with van der Waals surface area (Å²) in [5, 5.41) is 0. The molecule has 0 aromatic heterocycles. The molecule has 0 saturated heterocycles. The largest absolute Gasteiger partial charge is 0.496 e. The molecule has 0 spiro atoms. The van der Waals surface area contributed by atoms with Gasteiger partial charge in [0.2, 0.25) is 0 Å². The summed E-state index contributed by atoms with van der Waals surface area (Å²) in [6, 6.07) is 3.89. The van der Waals surface area contributed by atoms with Crippen LogP contribution < -0.4 is 15.2 Å². The zero-order valence-electron chi connectivity index (χ0n) is 10.5. The zero-order valence-corrected chi connectivity index (χ0v) is 10.5. The smallest absolute Gasteiger partial charge is 0.122 e. The van der Waals surface area contributed by atoms with E-state index in [9.17, 15) is 0 Å². The molecule has 1 aromatic rings. The van der Waals surface area contributed by atoms with Crippen molar-refractivity contribution in [1.82, 2.24) is 0 Å². The van der Waals surface area contributed by atoms with E-state index < -0.39 is 0 Å². The molecule has 0 radical (unpaired) electrons. The lowest BCUT2D eigenvalue weighted by molar-refractivity contribution is 0.392. The highest BCUT2D eigenvalue weighted by Crippen LogP contribution is 2.35. The van der Waals surface area contributed by atoms with Crippen molar-refractivity contribution in [2.45, 2.75) is 26.2 Å². The van der Waals surface area contributed by atoms with Gasteiger partial charge in [-0.2, -0.15) is 0 Å². The predicted octanol–water partition coefficient (Wildman–Crippen LogP) is 2.33. The van der Waals surface area contributed by atoms with Gasteiger partial charge in [0.15, 0.2) is 0 Å². The topological polar surface area (TPSA) is 44.5 Å². The van der Waals surface area contributed by atoms with Crippen LogP contribution in [0.1, 0.15) is 30.9 Å². The van der Waals surface area contributed by atoms with Crippen molar-refractivity contribution in [1.29, 1.82) is 0 Å². The van der Waals surface area contributed by atoms with Crippen LogP contribution >= 0.6 is 0 Å². The van der Waals surface area contributed by atoms with Gasteiger partial charge in [-0.25, -0.2) is 0 Å². The fourth-order valence-electron chi connectivity index (χ4n) is 2.02. The number of nitrogens with two attached hydrogens (primary N) is 1. The molecule has 1 aromatic carbocycles. The minimum Gasteiger partial charge on any atom is -0.496 e. The summed E-state index contributed by atoms with van der Waals surface area (Å²) in [5.74, 6) is 2.09. The average molecular weight is 223 g/mol. The van der Waals surface area contributed by atoms with E-state index in [1.54, 1.807) is 14.2 Å². The summed E-state index contributed by atoms with van der Waals surface area (Å²) in [4.78, 5) is 0. The summed E-state index contributed by atoms with van der Waals surface area (Å²) < 4.78 is 10.8. The molecule has 0 aliphatic heterocycles. The lowest BCUT2D eigenvalue weighted by Gasteiger charge is -2.20. The fraction of sp³-hybridized carbons (Fsp3) is 0.538. The van der Waals surface area contributed by atoms with E-state index in [1.807, 2.05) is 12.1 Å². The van der Waals surface area contributed by atoms with Crippen molar-refractivity contribution in [3.8, 4) is 11.5 Å². The molecule has 2 N–H and O–H groups in total. The van der Waals surface area contributed by atoms with Gasteiger partial charge >= 0.3 is 0 Å². The highest BCUT2D eigenvalue weighted by atomic mass is 16.5. The maximum atomic E-state index is 5.75. The summed E-state index contributed by atoms with van der Waals surface area (Å²) >= 11 is 0. The summed E-state index contributed by atoms with van der Waals surface area (Å²) in [7, 11) is 3.38. The van der Waals surface area contributed by atoms with E-state index in [1.165, 1.54) is 11.1 Å². The van der Waals surface area contributed by atoms with E-state index in [-0.39, 0.29) is 5.92 Å². The van der Waals surface area contributed by atoms with Crippen LogP contribution in [-0.4, -0.2) is 20.8 Å². The lowest BCUT2D eigenvalue weighted by Crippen LogP contribution is -2.13. The van der Waals surface area contributed by atoms with E-state index in [4.69, 9.17) is 15.2 Å². The van der Waals surface area contributed by atoms with Gasteiger partial charge in [-0.05, 0) is 31.0 Å². The Kier molecular flexibility index (Phi) is 4.62. The highest BCUT2D eigenvalue weighted by molar-refractivity contribution is 5.50. The van der Waals surface area contributed by atoms with Crippen molar-refractivity contribution < 1.29 is 9.47 Å². The van der Waals surface area contributed by atoms with Crippen LogP contribution in [0.3, 0.4) is 0 Å². The molecule has 0 aliphatic rings. The molecule has 0 fully saturated rings. The molecule has 3 heteroatoms. The van der Waals surface area contributed by atoms with Crippen molar-refractivity contribution >= 4 is 0 Å². The number of hydrogen-bond donors (Lipinski definition) is 1. The Labute approximate surface area is 97.6 Å². The van der Waals surface area contributed by atoms with Crippen molar-refractivity contribution in [3.63, 3.8) is 0 Å². The Morgan fingerprint density at radius 3 is 2.19 bits per heavy atom. The first-order valence-electron chi connectivity index (χ1n) is 5.63. The molecule has 0 saturated carbocycles. The molecule has 90 valence electrons. The molecular weight excluding hydrogens is 202 g/mol. The Bertz CT molecular complexity index is 350. The second-order valence-electron chi connectivity index (χ2n) is 3.85. The summed E-state index contributed by atoms with van der Waals surface area (Å²) in [6.45, 7) is 4.83. The van der Waals surface area contributed by atoms with Gasteiger partial charge in [0.1, 0.15) is 11.5 Å². The highest BCUT2D eigenvalue weighted by Gasteiger charge is 2.17. The summed E-state index contributed by atoms with van der Waals surface area (Å²) in [5.41, 5.74) is 8.11. The quantitative estimate of drug-likeness (QED) is 0.833. The number of benzene rings is 1. The molecule has 0 bridgehead atoms. The second-order valence-corrected chi connectivity index (χ2v) is 3.85. The first kappa shape index (κ1) is 12.8. The van der Waals surface area contributed by atoms with Gasteiger partial charge in [-0.1, -0.05) is 13.8 Å². The third-order valence-corrected chi connectivity index (χ3v) is 2.91. The molecule has 16 heavy (non-hydrogen) atoms. The van der Waals surface area contributed by atoms with Crippen LogP contribution in [0, 0.1) is 0 Å².